The van der Waals surface area contributed by atoms with E-state index < -0.39 is 0 Å². The van der Waals surface area contributed by atoms with Crippen LogP contribution in [0.15, 0.2) is 6.07 Å². The summed E-state index contributed by atoms with van der Waals surface area (Å²) in [6.45, 7) is 4.48. The maximum absolute atomic E-state index is 5.67. The first-order chi connectivity index (χ1) is 6.65. The lowest BCUT2D eigenvalue weighted by molar-refractivity contribution is 0.349. The smallest absolute Gasteiger partial charge is 0.165 e. The standard InChI is InChI=1S/C11H17NO2/c1-7-5-8(2)10(13-3)11(14-4)9(7)6-12/h5H,6,12H2,1-4H3. The molecular weight excluding hydrogens is 178 g/mol. The van der Waals surface area contributed by atoms with Crippen molar-refractivity contribution in [1.29, 1.82) is 0 Å². The number of hydrogen-bond acceptors (Lipinski definition) is 3. The Balaban J connectivity index is 3.43. The molecule has 0 radical (unpaired) electrons. The molecule has 14 heavy (non-hydrogen) atoms. The van der Waals surface area contributed by atoms with Gasteiger partial charge in [-0.2, -0.15) is 0 Å². The van der Waals surface area contributed by atoms with Crippen LogP contribution in [0.5, 0.6) is 11.5 Å². The van der Waals surface area contributed by atoms with Crippen molar-refractivity contribution in [2.75, 3.05) is 14.2 Å². The van der Waals surface area contributed by atoms with Gasteiger partial charge < -0.3 is 15.2 Å². The Morgan fingerprint density at radius 3 is 2.07 bits per heavy atom. The van der Waals surface area contributed by atoms with Crippen molar-refractivity contribution in [3.05, 3.63) is 22.8 Å². The number of hydrogen-bond donors (Lipinski definition) is 1. The first kappa shape index (κ1) is 10.9. The third kappa shape index (κ3) is 1.68. The van der Waals surface area contributed by atoms with E-state index in [4.69, 9.17) is 15.2 Å². The summed E-state index contributed by atoms with van der Waals surface area (Å²) in [7, 11) is 3.27. The first-order valence-corrected chi connectivity index (χ1v) is 4.56. The highest BCUT2D eigenvalue weighted by atomic mass is 16.5. The average Bonchev–Trinajstić information content (AvgIpc) is 2.16. The van der Waals surface area contributed by atoms with Crippen LogP contribution in [-0.4, -0.2) is 14.2 Å². The summed E-state index contributed by atoms with van der Waals surface area (Å²) in [4.78, 5) is 0. The van der Waals surface area contributed by atoms with Crippen LogP contribution in [0.2, 0.25) is 0 Å². The zero-order valence-corrected chi connectivity index (χ0v) is 9.18. The van der Waals surface area contributed by atoms with E-state index in [1.54, 1.807) is 14.2 Å². The van der Waals surface area contributed by atoms with E-state index in [9.17, 15) is 0 Å². The first-order valence-electron chi connectivity index (χ1n) is 4.56. The second-order valence-corrected chi connectivity index (χ2v) is 3.26. The van der Waals surface area contributed by atoms with Crippen LogP contribution >= 0.6 is 0 Å². The van der Waals surface area contributed by atoms with Gasteiger partial charge in [-0.1, -0.05) is 6.07 Å². The van der Waals surface area contributed by atoms with Crippen molar-refractivity contribution in [2.45, 2.75) is 20.4 Å². The summed E-state index contributed by atoms with van der Waals surface area (Å²) in [5, 5.41) is 0. The second kappa shape index (κ2) is 4.33. The van der Waals surface area contributed by atoms with Gasteiger partial charge in [0.15, 0.2) is 11.5 Å². The van der Waals surface area contributed by atoms with E-state index >= 15 is 0 Å². The van der Waals surface area contributed by atoms with Crippen molar-refractivity contribution < 1.29 is 9.47 Å². The minimum absolute atomic E-state index is 0.464. The van der Waals surface area contributed by atoms with E-state index in [-0.39, 0.29) is 0 Å². The summed E-state index contributed by atoms with van der Waals surface area (Å²) in [5.74, 6) is 1.53. The van der Waals surface area contributed by atoms with Crippen LogP contribution in [0.3, 0.4) is 0 Å². The third-order valence-corrected chi connectivity index (χ3v) is 2.36. The fraction of sp³-hybridized carbons (Fsp3) is 0.455. The van der Waals surface area contributed by atoms with E-state index in [1.165, 1.54) is 0 Å². The number of aryl methyl sites for hydroxylation is 2. The molecule has 0 aliphatic rings. The van der Waals surface area contributed by atoms with Gasteiger partial charge in [0.05, 0.1) is 14.2 Å². The molecule has 78 valence electrons. The van der Waals surface area contributed by atoms with E-state index in [0.717, 1.165) is 28.2 Å². The number of ether oxygens (including phenoxy) is 2. The number of nitrogens with two attached hydrogens (primary N) is 1. The summed E-state index contributed by atoms with van der Waals surface area (Å²) in [6, 6.07) is 2.06. The van der Waals surface area contributed by atoms with Gasteiger partial charge in [0.1, 0.15) is 0 Å². The molecule has 3 heteroatoms. The maximum Gasteiger partial charge on any atom is 0.165 e. The summed E-state index contributed by atoms with van der Waals surface area (Å²) < 4.78 is 10.6. The van der Waals surface area contributed by atoms with E-state index in [1.807, 2.05) is 13.8 Å². The van der Waals surface area contributed by atoms with Crippen LogP contribution in [0, 0.1) is 13.8 Å². The van der Waals surface area contributed by atoms with Gasteiger partial charge in [-0.3, -0.25) is 0 Å². The van der Waals surface area contributed by atoms with Gasteiger partial charge in [0.25, 0.3) is 0 Å². The molecule has 0 amide bonds. The number of rotatable bonds is 3. The zero-order chi connectivity index (χ0) is 10.7. The molecule has 0 unspecified atom stereocenters. The van der Waals surface area contributed by atoms with Crippen LogP contribution in [0.1, 0.15) is 16.7 Å². The quantitative estimate of drug-likeness (QED) is 0.799. The Labute approximate surface area is 84.8 Å². The van der Waals surface area contributed by atoms with E-state index in [0.29, 0.717) is 6.54 Å². The lowest BCUT2D eigenvalue weighted by Gasteiger charge is -2.16. The van der Waals surface area contributed by atoms with Gasteiger partial charge in [-0.05, 0) is 25.0 Å². The van der Waals surface area contributed by atoms with Crippen LogP contribution in [0.4, 0.5) is 0 Å². The highest BCUT2D eigenvalue weighted by molar-refractivity contribution is 5.54. The molecular formula is C11H17NO2. The normalized spacial score (nSPS) is 10.1. The van der Waals surface area contributed by atoms with Crippen molar-refractivity contribution in [3.63, 3.8) is 0 Å². The van der Waals surface area contributed by atoms with Gasteiger partial charge in [0, 0.05) is 12.1 Å². The van der Waals surface area contributed by atoms with Crippen LogP contribution in [-0.2, 0) is 6.54 Å². The monoisotopic (exact) mass is 195 g/mol. The Morgan fingerprint density at radius 1 is 1.07 bits per heavy atom. The second-order valence-electron chi connectivity index (χ2n) is 3.26. The molecule has 1 rings (SSSR count). The Kier molecular flexibility index (Phi) is 3.36. The molecule has 0 aliphatic carbocycles. The molecule has 0 aromatic heterocycles. The number of methoxy groups -OCH3 is 2. The Hall–Kier alpha value is -1.22. The fourth-order valence-corrected chi connectivity index (χ4v) is 1.70. The van der Waals surface area contributed by atoms with E-state index in [2.05, 4.69) is 6.07 Å². The minimum Gasteiger partial charge on any atom is -0.493 e. The molecule has 0 bridgehead atoms. The predicted octanol–water partition coefficient (Wildman–Crippen LogP) is 1.78. The lowest BCUT2D eigenvalue weighted by Crippen LogP contribution is -2.05. The molecule has 0 heterocycles. The number of benzene rings is 1. The van der Waals surface area contributed by atoms with Crippen LogP contribution in [0.25, 0.3) is 0 Å². The molecule has 0 fully saturated rings. The van der Waals surface area contributed by atoms with Crippen molar-refractivity contribution in [2.24, 2.45) is 5.73 Å². The molecule has 0 saturated carbocycles. The molecule has 0 spiro atoms. The average molecular weight is 195 g/mol. The molecule has 0 atom stereocenters. The zero-order valence-electron chi connectivity index (χ0n) is 9.18. The molecule has 0 saturated heterocycles. The lowest BCUT2D eigenvalue weighted by atomic mass is 10.0. The fourth-order valence-electron chi connectivity index (χ4n) is 1.70. The Bertz CT molecular complexity index is 306. The van der Waals surface area contributed by atoms with Gasteiger partial charge in [-0.15, -0.1) is 0 Å². The predicted molar refractivity (Wildman–Crippen MR) is 56.9 cm³/mol. The Morgan fingerprint density at radius 2 is 1.64 bits per heavy atom. The van der Waals surface area contributed by atoms with Crippen molar-refractivity contribution in [3.8, 4) is 11.5 Å². The molecule has 1 aromatic rings. The summed E-state index contributed by atoms with van der Waals surface area (Å²) >= 11 is 0. The van der Waals surface area contributed by atoms with Gasteiger partial charge in [0.2, 0.25) is 0 Å². The molecule has 0 aliphatic heterocycles. The topological polar surface area (TPSA) is 44.5 Å². The highest BCUT2D eigenvalue weighted by Gasteiger charge is 2.14. The highest BCUT2D eigenvalue weighted by Crippen LogP contribution is 2.36. The third-order valence-electron chi connectivity index (χ3n) is 2.36. The molecule has 2 N–H and O–H groups in total. The van der Waals surface area contributed by atoms with Crippen molar-refractivity contribution in [1.82, 2.24) is 0 Å². The molecule has 3 nitrogen and oxygen atoms in total. The van der Waals surface area contributed by atoms with Gasteiger partial charge >= 0.3 is 0 Å². The van der Waals surface area contributed by atoms with Crippen molar-refractivity contribution >= 4 is 0 Å². The minimum atomic E-state index is 0.464. The molecule has 1 aromatic carbocycles. The maximum atomic E-state index is 5.67. The largest absolute Gasteiger partial charge is 0.493 e. The summed E-state index contributed by atoms with van der Waals surface area (Å²) in [6.07, 6.45) is 0. The van der Waals surface area contributed by atoms with Crippen LogP contribution < -0.4 is 15.2 Å². The van der Waals surface area contributed by atoms with Gasteiger partial charge in [-0.25, -0.2) is 0 Å². The SMILES string of the molecule is COc1c(C)cc(C)c(CN)c1OC. The summed E-state index contributed by atoms with van der Waals surface area (Å²) in [5.41, 5.74) is 8.88.